The highest BCUT2D eigenvalue weighted by Crippen LogP contribution is 2.35. The average molecular weight is 259 g/mol. The molecule has 0 bridgehead atoms. The summed E-state index contributed by atoms with van der Waals surface area (Å²) in [6.07, 6.45) is 2.13. The van der Waals surface area contributed by atoms with Gasteiger partial charge in [-0.2, -0.15) is 11.8 Å². The van der Waals surface area contributed by atoms with E-state index in [1.807, 2.05) is 0 Å². The first-order valence-corrected chi connectivity index (χ1v) is 7.87. The van der Waals surface area contributed by atoms with E-state index >= 15 is 0 Å². The molecule has 0 radical (unpaired) electrons. The molecule has 0 saturated carbocycles. The van der Waals surface area contributed by atoms with Crippen molar-refractivity contribution in [1.82, 2.24) is 5.32 Å². The Hall–Kier alpha value is 0.270. The molecule has 2 nitrogen and oxygen atoms in total. The van der Waals surface area contributed by atoms with Crippen LogP contribution in [0.1, 0.15) is 47.5 Å². The van der Waals surface area contributed by atoms with Crippen LogP contribution in [-0.4, -0.2) is 35.3 Å². The van der Waals surface area contributed by atoms with Crippen molar-refractivity contribution < 1.29 is 5.11 Å². The van der Waals surface area contributed by atoms with Gasteiger partial charge in [0, 0.05) is 24.4 Å². The molecule has 2 atom stereocenters. The van der Waals surface area contributed by atoms with Crippen LogP contribution in [0.3, 0.4) is 0 Å². The van der Waals surface area contributed by atoms with Crippen molar-refractivity contribution in [2.75, 3.05) is 18.1 Å². The van der Waals surface area contributed by atoms with Crippen LogP contribution < -0.4 is 5.32 Å². The van der Waals surface area contributed by atoms with E-state index in [1.54, 1.807) is 0 Å². The van der Waals surface area contributed by atoms with Gasteiger partial charge in [-0.1, -0.05) is 34.6 Å². The first-order chi connectivity index (χ1) is 7.77. The fourth-order valence-electron chi connectivity index (χ4n) is 2.35. The van der Waals surface area contributed by atoms with Gasteiger partial charge in [-0.05, 0) is 29.4 Å². The number of hydrogen-bond acceptors (Lipinski definition) is 3. The summed E-state index contributed by atoms with van der Waals surface area (Å²) in [5, 5.41) is 13.0. The minimum atomic E-state index is 0.209. The van der Waals surface area contributed by atoms with Gasteiger partial charge in [-0.3, -0.25) is 0 Å². The second-order valence-corrected chi connectivity index (χ2v) is 8.11. The molecule has 0 aromatic rings. The molecule has 1 aliphatic rings. The third-order valence-corrected chi connectivity index (χ3v) is 5.05. The number of thioether (sulfide) groups is 1. The monoisotopic (exact) mass is 259 g/mol. The highest BCUT2D eigenvalue weighted by molar-refractivity contribution is 7.99. The maximum absolute atomic E-state index is 9.21. The van der Waals surface area contributed by atoms with Gasteiger partial charge in [-0.25, -0.2) is 0 Å². The zero-order valence-electron chi connectivity index (χ0n) is 12.0. The van der Waals surface area contributed by atoms with Crippen molar-refractivity contribution >= 4 is 11.8 Å². The second-order valence-electron chi connectivity index (χ2n) is 6.96. The molecule has 17 heavy (non-hydrogen) atoms. The molecule has 1 fully saturated rings. The number of nitrogens with one attached hydrogen (secondary N) is 1. The van der Waals surface area contributed by atoms with E-state index in [0.29, 0.717) is 17.5 Å². The Balaban J connectivity index is 2.65. The minimum absolute atomic E-state index is 0.209. The lowest BCUT2D eigenvalue weighted by Crippen LogP contribution is -2.54. The Morgan fingerprint density at radius 1 is 1.41 bits per heavy atom. The number of aliphatic hydroxyl groups is 1. The Morgan fingerprint density at radius 3 is 2.53 bits per heavy atom. The van der Waals surface area contributed by atoms with E-state index in [-0.39, 0.29) is 12.0 Å². The van der Waals surface area contributed by atoms with Crippen molar-refractivity contribution in [2.45, 2.75) is 59.5 Å². The molecule has 0 aliphatic carbocycles. The number of hydrogen-bond donors (Lipinski definition) is 2. The normalized spacial score (nSPS) is 26.8. The Kier molecular flexibility index (Phi) is 5.36. The van der Waals surface area contributed by atoms with Crippen LogP contribution >= 0.6 is 11.8 Å². The summed E-state index contributed by atoms with van der Waals surface area (Å²) < 4.78 is 0. The molecule has 2 N–H and O–H groups in total. The molecule has 0 aromatic carbocycles. The number of aliphatic hydroxyl groups excluding tert-OH is 1. The zero-order chi connectivity index (χ0) is 13.1. The van der Waals surface area contributed by atoms with Crippen LogP contribution in [0.15, 0.2) is 0 Å². The maximum Gasteiger partial charge on any atom is 0.0446 e. The first kappa shape index (κ1) is 15.3. The maximum atomic E-state index is 9.21. The molecule has 1 aliphatic heterocycles. The highest BCUT2D eigenvalue weighted by Gasteiger charge is 2.36. The fraction of sp³-hybridized carbons (Fsp3) is 1.00. The van der Waals surface area contributed by atoms with E-state index in [0.717, 1.165) is 6.42 Å². The lowest BCUT2D eigenvalue weighted by molar-refractivity contribution is 0.148. The Bertz CT molecular complexity index is 233. The molecule has 0 amide bonds. The van der Waals surface area contributed by atoms with Crippen molar-refractivity contribution in [2.24, 2.45) is 10.8 Å². The van der Waals surface area contributed by atoms with Gasteiger partial charge in [-0.15, -0.1) is 0 Å². The van der Waals surface area contributed by atoms with Crippen molar-refractivity contribution in [1.29, 1.82) is 0 Å². The van der Waals surface area contributed by atoms with E-state index < -0.39 is 0 Å². The molecule has 0 spiro atoms. The summed E-state index contributed by atoms with van der Waals surface area (Å²) in [6.45, 7) is 11.8. The fourth-order valence-corrected chi connectivity index (χ4v) is 3.97. The second kappa shape index (κ2) is 5.94. The van der Waals surface area contributed by atoms with E-state index in [2.05, 4.69) is 51.7 Å². The Labute approximate surface area is 111 Å². The van der Waals surface area contributed by atoms with Crippen LogP contribution in [-0.2, 0) is 0 Å². The molecule has 0 aromatic heterocycles. The molecule has 2 unspecified atom stereocenters. The van der Waals surface area contributed by atoms with Gasteiger partial charge < -0.3 is 10.4 Å². The highest BCUT2D eigenvalue weighted by atomic mass is 32.2. The number of rotatable bonds is 4. The molecule has 1 heterocycles. The van der Waals surface area contributed by atoms with Crippen LogP contribution in [0, 0.1) is 10.8 Å². The largest absolute Gasteiger partial charge is 0.396 e. The summed E-state index contributed by atoms with van der Waals surface area (Å²) in [6, 6.07) is 0.965. The van der Waals surface area contributed by atoms with Crippen LogP contribution in [0.25, 0.3) is 0 Å². The predicted molar refractivity (Wildman–Crippen MR) is 77.6 cm³/mol. The van der Waals surface area contributed by atoms with Gasteiger partial charge in [0.1, 0.15) is 0 Å². The summed E-state index contributed by atoms with van der Waals surface area (Å²) in [5.41, 5.74) is 0.588. The Morgan fingerprint density at radius 2 is 2.06 bits per heavy atom. The molecular formula is C14H29NOS. The third-order valence-electron chi connectivity index (χ3n) is 3.98. The van der Waals surface area contributed by atoms with Crippen LogP contribution in [0.2, 0.25) is 0 Å². The lowest BCUT2D eigenvalue weighted by Gasteiger charge is -2.43. The average Bonchev–Trinajstić information content (AvgIpc) is 2.18. The van der Waals surface area contributed by atoms with Gasteiger partial charge in [0.15, 0.2) is 0 Å². The standard InChI is InChI=1S/C14H29NOS/c1-13(2,3)11(6-8-16)15-12-10-17-9-7-14(12,4)5/h11-12,15-16H,6-10H2,1-5H3. The molecule has 1 saturated heterocycles. The predicted octanol–water partition coefficient (Wildman–Crippen LogP) is 2.90. The van der Waals surface area contributed by atoms with Crippen molar-refractivity contribution in [3.05, 3.63) is 0 Å². The van der Waals surface area contributed by atoms with Crippen LogP contribution in [0.4, 0.5) is 0 Å². The van der Waals surface area contributed by atoms with Gasteiger partial charge in [0.25, 0.3) is 0 Å². The van der Waals surface area contributed by atoms with Gasteiger partial charge >= 0.3 is 0 Å². The summed E-state index contributed by atoms with van der Waals surface area (Å²) >= 11 is 2.05. The van der Waals surface area contributed by atoms with E-state index in [9.17, 15) is 5.11 Å². The minimum Gasteiger partial charge on any atom is -0.396 e. The van der Waals surface area contributed by atoms with Crippen LogP contribution in [0.5, 0.6) is 0 Å². The summed E-state index contributed by atoms with van der Waals surface area (Å²) in [7, 11) is 0. The van der Waals surface area contributed by atoms with Gasteiger partial charge in [0.2, 0.25) is 0 Å². The SMILES string of the molecule is CC(C)(C)C(CCO)NC1CSCCC1(C)C. The molecule has 102 valence electrons. The molecule has 3 heteroatoms. The first-order valence-electron chi connectivity index (χ1n) is 6.72. The lowest BCUT2D eigenvalue weighted by atomic mass is 9.79. The molecule has 1 rings (SSSR count). The smallest absolute Gasteiger partial charge is 0.0446 e. The van der Waals surface area contributed by atoms with E-state index in [4.69, 9.17) is 0 Å². The third kappa shape index (κ3) is 4.46. The van der Waals surface area contributed by atoms with Crippen molar-refractivity contribution in [3.8, 4) is 0 Å². The molecular weight excluding hydrogens is 230 g/mol. The summed E-state index contributed by atoms with van der Waals surface area (Å²) in [4.78, 5) is 0. The van der Waals surface area contributed by atoms with E-state index in [1.165, 1.54) is 17.9 Å². The quantitative estimate of drug-likeness (QED) is 0.814. The topological polar surface area (TPSA) is 32.3 Å². The van der Waals surface area contributed by atoms with Crippen molar-refractivity contribution in [3.63, 3.8) is 0 Å². The van der Waals surface area contributed by atoms with Gasteiger partial charge in [0.05, 0.1) is 0 Å². The zero-order valence-corrected chi connectivity index (χ0v) is 12.9. The summed E-state index contributed by atoms with van der Waals surface area (Å²) in [5.74, 6) is 2.48.